The molecule has 194 valence electrons. The Kier molecular flexibility index (Phi) is 8.30. The average Bonchev–Trinajstić information content (AvgIpc) is 2.79. The van der Waals surface area contributed by atoms with Gasteiger partial charge in [0.1, 0.15) is 18.7 Å². The number of halogens is 7. The molecule has 0 aromatic heterocycles. The molecule has 0 aliphatic rings. The van der Waals surface area contributed by atoms with Crippen LogP contribution in [0.15, 0.2) is 77.3 Å². The summed E-state index contributed by atoms with van der Waals surface area (Å²) in [7, 11) is 4.22. The molecule has 0 N–H and O–H groups in total. The van der Waals surface area contributed by atoms with Crippen LogP contribution in [0.4, 0.5) is 37.7 Å². The fraction of sp³-hybridized carbons (Fsp3) is 0.308. The second kappa shape index (κ2) is 10.7. The maximum atomic E-state index is 12.8. The number of benzene rings is 3. The molecule has 0 unspecified atom stereocenters. The van der Waals surface area contributed by atoms with Crippen molar-refractivity contribution in [3.8, 4) is 0 Å². The monoisotopic (exact) mass is 574 g/mol. The molecule has 0 heterocycles. The van der Waals surface area contributed by atoms with Crippen molar-refractivity contribution in [3.05, 3.63) is 94.0 Å². The lowest BCUT2D eigenvalue weighted by Crippen LogP contribution is -2.33. The zero-order valence-electron chi connectivity index (χ0n) is 19.8. The molecule has 0 fully saturated rings. The van der Waals surface area contributed by atoms with Crippen LogP contribution in [0.1, 0.15) is 16.7 Å². The smallest absolute Gasteiger partial charge is 0.366 e. The summed E-state index contributed by atoms with van der Waals surface area (Å²) in [5.74, 6) is 0. The van der Waals surface area contributed by atoms with Crippen LogP contribution in [-0.4, -0.2) is 46.6 Å². The van der Waals surface area contributed by atoms with Gasteiger partial charge in [0.2, 0.25) is 0 Å². The molecule has 0 atom stereocenters. The summed E-state index contributed by atoms with van der Waals surface area (Å²) >= 11 is 3.46. The predicted octanol–water partition coefficient (Wildman–Crippen LogP) is 7.38. The molecule has 10 heteroatoms. The van der Waals surface area contributed by atoms with Crippen molar-refractivity contribution >= 4 is 27.3 Å². The van der Waals surface area contributed by atoms with Crippen molar-refractivity contribution in [1.29, 1.82) is 0 Å². The summed E-state index contributed by atoms with van der Waals surface area (Å²) in [6, 6.07) is 20.5. The van der Waals surface area contributed by atoms with E-state index in [1.807, 2.05) is 24.3 Å². The van der Waals surface area contributed by atoms with E-state index in [2.05, 4.69) is 15.9 Å². The van der Waals surface area contributed by atoms with Gasteiger partial charge in [0.15, 0.2) is 0 Å². The first-order chi connectivity index (χ1) is 16.7. The number of alkyl halides is 6. The number of anilines is 2. The fourth-order valence-electron chi connectivity index (χ4n) is 4.18. The quantitative estimate of drug-likeness (QED) is 0.206. The zero-order chi connectivity index (χ0) is 26.7. The number of methoxy groups -OCH3 is 1. The van der Waals surface area contributed by atoms with Crippen molar-refractivity contribution in [3.63, 3.8) is 0 Å². The number of nitrogens with zero attached hydrogens (tertiary/aromatic N) is 2. The molecule has 0 spiro atoms. The number of hydrogen-bond donors (Lipinski definition) is 0. The van der Waals surface area contributed by atoms with Crippen LogP contribution in [0.2, 0.25) is 0 Å². The molecule has 0 saturated carbocycles. The van der Waals surface area contributed by atoms with Gasteiger partial charge in [0.25, 0.3) is 0 Å². The van der Waals surface area contributed by atoms with Crippen LogP contribution in [0.25, 0.3) is 0 Å². The summed E-state index contributed by atoms with van der Waals surface area (Å²) in [4.78, 5) is 2.20. The van der Waals surface area contributed by atoms with E-state index < -0.39 is 31.0 Å². The molecular weight excluding hydrogens is 550 g/mol. The lowest BCUT2D eigenvalue weighted by molar-refractivity contribution is -0.120. The molecular formula is C26H25BrF6N2O. The highest BCUT2D eigenvalue weighted by Crippen LogP contribution is 2.42. The van der Waals surface area contributed by atoms with Crippen molar-refractivity contribution < 1.29 is 31.1 Å². The van der Waals surface area contributed by atoms with Gasteiger partial charge < -0.3 is 14.5 Å². The van der Waals surface area contributed by atoms with E-state index in [4.69, 9.17) is 4.74 Å². The number of rotatable bonds is 8. The maximum absolute atomic E-state index is 12.8. The van der Waals surface area contributed by atoms with Gasteiger partial charge >= 0.3 is 12.4 Å². The Morgan fingerprint density at radius 1 is 0.667 bits per heavy atom. The molecule has 0 aliphatic heterocycles. The standard InChI is InChI=1S/C26H25BrF6N2O/c1-34(16-24(28,29)30)22-11-7-18(8-12-22)26(36-3,20-5-4-6-21(27)15-20)19-9-13-23(14-10-19)35(2)17-25(31,32)33/h4-15H,16-17H2,1-3H3. The Balaban J connectivity index is 2.08. The average molecular weight is 575 g/mol. The molecule has 0 saturated heterocycles. The third-order valence-corrected chi connectivity index (χ3v) is 6.29. The molecule has 3 aromatic rings. The molecule has 3 aromatic carbocycles. The zero-order valence-corrected chi connectivity index (χ0v) is 21.4. The molecule has 0 bridgehead atoms. The summed E-state index contributed by atoms with van der Waals surface area (Å²) in [6.45, 7) is -2.19. The van der Waals surface area contributed by atoms with Crippen LogP contribution in [-0.2, 0) is 10.3 Å². The molecule has 36 heavy (non-hydrogen) atoms. The minimum absolute atomic E-state index is 0.374. The highest BCUT2D eigenvalue weighted by molar-refractivity contribution is 9.10. The van der Waals surface area contributed by atoms with Gasteiger partial charge in [0.05, 0.1) is 0 Å². The van der Waals surface area contributed by atoms with E-state index in [0.717, 1.165) is 19.8 Å². The van der Waals surface area contributed by atoms with E-state index in [1.54, 1.807) is 48.5 Å². The maximum Gasteiger partial charge on any atom is 0.405 e. The Hall–Kier alpha value is -2.72. The third-order valence-electron chi connectivity index (χ3n) is 5.80. The largest absolute Gasteiger partial charge is 0.405 e. The van der Waals surface area contributed by atoms with Crippen LogP contribution >= 0.6 is 15.9 Å². The topological polar surface area (TPSA) is 15.7 Å². The SMILES string of the molecule is COC(c1ccc(N(C)CC(F)(F)F)cc1)(c1ccc(N(C)CC(F)(F)F)cc1)c1cccc(Br)c1. The van der Waals surface area contributed by atoms with E-state index >= 15 is 0 Å². The molecule has 0 amide bonds. The van der Waals surface area contributed by atoms with Gasteiger partial charge in [-0.25, -0.2) is 0 Å². The lowest BCUT2D eigenvalue weighted by atomic mass is 9.80. The van der Waals surface area contributed by atoms with E-state index in [0.29, 0.717) is 22.5 Å². The molecule has 3 nitrogen and oxygen atoms in total. The first-order valence-corrected chi connectivity index (χ1v) is 11.6. The van der Waals surface area contributed by atoms with E-state index in [-0.39, 0.29) is 0 Å². The van der Waals surface area contributed by atoms with E-state index in [1.165, 1.54) is 21.2 Å². The Morgan fingerprint density at radius 3 is 1.42 bits per heavy atom. The predicted molar refractivity (Wildman–Crippen MR) is 133 cm³/mol. The molecule has 0 radical (unpaired) electrons. The summed E-state index contributed by atoms with van der Waals surface area (Å²) in [5, 5.41) is 0. The van der Waals surface area contributed by atoms with Gasteiger partial charge in [-0.3, -0.25) is 0 Å². The van der Waals surface area contributed by atoms with Crippen molar-refractivity contribution in [1.82, 2.24) is 0 Å². The normalized spacial score (nSPS) is 12.5. The van der Waals surface area contributed by atoms with Gasteiger partial charge in [-0.2, -0.15) is 26.3 Å². The van der Waals surface area contributed by atoms with Gasteiger partial charge in [0, 0.05) is 37.1 Å². The first-order valence-electron chi connectivity index (χ1n) is 10.8. The number of hydrogen-bond acceptors (Lipinski definition) is 3. The minimum Gasteiger partial charge on any atom is -0.366 e. The Morgan fingerprint density at radius 2 is 1.08 bits per heavy atom. The number of ether oxygens (including phenoxy) is 1. The first kappa shape index (κ1) is 27.9. The summed E-state index contributed by atoms with van der Waals surface area (Å²) in [5.41, 5.74) is 1.59. The van der Waals surface area contributed by atoms with Crippen molar-refractivity contribution in [2.75, 3.05) is 44.1 Å². The van der Waals surface area contributed by atoms with Crippen LogP contribution in [0.5, 0.6) is 0 Å². The molecule has 0 aliphatic carbocycles. The minimum atomic E-state index is -4.35. The second-order valence-electron chi connectivity index (χ2n) is 8.43. The second-order valence-corrected chi connectivity index (χ2v) is 9.35. The third kappa shape index (κ3) is 6.53. The molecule has 3 rings (SSSR count). The Bertz CT molecular complexity index is 1080. The van der Waals surface area contributed by atoms with Crippen molar-refractivity contribution in [2.24, 2.45) is 0 Å². The van der Waals surface area contributed by atoms with Crippen LogP contribution < -0.4 is 9.80 Å². The highest BCUT2D eigenvalue weighted by Gasteiger charge is 2.37. The van der Waals surface area contributed by atoms with Crippen LogP contribution in [0, 0.1) is 0 Å². The van der Waals surface area contributed by atoms with Gasteiger partial charge in [-0.05, 0) is 53.1 Å². The van der Waals surface area contributed by atoms with Crippen molar-refractivity contribution in [2.45, 2.75) is 18.0 Å². The summed E-state index contributed by atoms with van der Waals surface area (Å²) in [6.07, 6.45) is -8.69. The summed E-state index contributed by atoms with van der Waals surface area (Å²) < 4.78 is 83.9. The fourth-order valence-corrected chi connectivity index (χ4v) is 4.58. The van der Waals surface area contributed by atoms with Gasteiger partial charge in [-0.15, -0.1) is 0 Å². The van der Waals surface area contributed by atoms with Gasteiger partial charge in [-0.1, -0.05) is 52.3 Å². The lowest BCUT2D eigenvalue weighted by Gasteiger charge is -2.35. The van der Waals surface area contributed by atoms with Crippen LogP contribution in [0.3, 0.4) is 0 Å². The Labute approximate surface area is 214 Å². The van der Waals surface area contributed by atoms with E-state index in [9.17, 15) is 26.3 Å². The highest BCUT2D eigenvalue weighted by atomic mass is 79.9.